The van der Waals surface area contributed by atoms with E-state index < -0.39 is 0 Å². The van der Waals surface area contributed by atoms with Gasteiger partial charge in [-0.05, 0) is 48.9 Å². The van der Waals surface area contributed by atoms with E-state index in [1.54, 1.807) is 0 Å². The van der Waals surface area contributed by atoms with E-state index in [0.29, 0.717) is 18.2 Å². The predicted molar refractivity (Wildman–Crippen MR) is 116 cm³/mol. The molecule has 4 rings (SSSR count). The second-order valence-electron chi connectivity index (χ2n) is 8.70. The molecule has 0 radical (unpaired) electrons. The molecule has 0 amide bonds. The minimum absolute atomic E-state index is 0.480. The average Bonchev–Trinajstić information content (AvgIpc) is 3.24. The van der Waals surface area contributed by atoms with Crippen LogP contribution < -0.4 is 5.32 Å². The van der Waals surface area contributed by atoms with Gasteiger partial charge in [0.05, 0.1) is 12.7 Å². The van der Waals surface area contributed by atoms with Crippen LogP contribution in [0.2, 0.25) is 0 Å². The SMILES string of the molecule is C[C@@H]1CN[C@@H](C)CN1Cc1ccc(-c2ccc(COC3CCCC3)cc2)cc1. The summed E-state index contributed by atoms with van der Waals surface area (Å²) in [6.07, 6.45) is 5.60. The largest absolute Gasteiger partial charge is 0.374 e. The van der Waals surface area contributed by atoms with Crippen LogP contribution in [-0.4, -0.2) is 36.2 Å². The highest BCUT2D eigenvalue weighted by molar-refractivity contribution is 5.63. The first kappa shape index (κ1) is 19.6. The number of rotatable bonds is 6. The Kier molecular flexibility index (Phi) is 6.46. The molecule has 1 aliphatic carbocycles. The smallest absolute Gasteiger partial charge is 0.0720 e. The van der Waals surface area contributed by atoms with Gasteiger partial charge in [0.2, 0.25) is 0 Å². The Morgan fingerprint density at radius 2 is 1.50 bits per heavy atom. The fourth-order valence-corrected chi connectivity index (χ4v) is 4.42. The molecule has 3 nitrogen and oxygen atoms in total. The lowest BCUT2D eigenvalue weighted by atomic mass is 10.0. The molecule has 2 atom stereocenters. The molecule has 150 valence electrons. The van der Waals surface area contributed by atoms with Gasteiger partial charge in [-0.1, -0.05) is 61.4 Å². The fraction of sp³-hybridized carbons (Fsp3) is 0.520. The molecule has 1 saturated heterocycles. The van der Waals surface area contributed by atoms with Gasteiger partial charge in [0.25, 0.3) is 0 Å². The molecule has 28 heavy (non-hydrogen) atoms. The van der Waals surface area contributed by atoms with Crippen LogP contribution >= 0.6 is 0 Å². The lowest BCUT2D eigenvalue weighted by Crippen LogP contribution is -2.53. The summed E-state index contributed by atoms with van der Waals surface area (Å²) in [6, 6.07) is 19.1. The molecule has 2 fully saturated rings. The monoisotopic (exact) mass is 378 g/mol. The number of nitrogens with one attached hydrogen (secondary N) is 1. The third-order valence-corrected chi connectivity index (χ3v) is 6.31. The van der Waals surface area contributed by atoms with E-state index in [1.807, 2.05) is 0 Å². The van der Waals surface area contributed by atoms with Crippen molar-refractivity contribution in [3.05, 3.63) is 59.7 Å². The molecular formula is C25H34N2O. The van der Waals surface area contributed by atoms with Crippen molar-refractivity contribution in [1.82, 2.24) is 10.2 Å². The Morgan fingerprint density at radius 1 is 0.893 bits per heavy atom. The van der Waals surface area contributed by atoms with E-state index in [1.165, 1.54) is 47.9 Å². The van der Waals surface area contributed by atoms with Gasteiger partial charge in [0.1, 0.15) is 0 Å². The van der Waals surface area contributed by atoms with Crippen molar-refractivity contribution in [3.63, 3.8) is 0 Å². The first-order valence-electron chi connectivity index (χ1n) is 10.9. The van der Waals surface area contributed by atoms with Crippen LogP contribution in [0.5, 0.6) is 0 Å². The molecule has 2 aliphatic rings. The molecule has 3 heteroatoms. The van der Waals surface area contributed by atoms with Gasteiger partial charge in [-0.25, -0.2) is 0 Å². The number of nitrogens with zero attached hydrogens (tertiary/aromatic N) is 1. The van der Waals surface area contributed by atoms with Gasteiger partial charge in [0.15, 0.2) is 0 Å². The highest BCUT2D eigenvalue weighted by atomic mass is 16.5. The Bertz CT molecular complexity index is 734. The minimum atomic E-state index is 0.480. The van der Waals surface area contributed by atoms with Crippen LogP contribution in [0.1, 0.15) is 50.7 Å². The van der Waals surface area contributed by atoms with Crippen molar-refractivity contribution in [3.8, 4) is 11.1 Å². The van der Waals surface area contributed by atoms with Crippen LogP contribution in [-0.2, 0) is 17.9 Å². The summed E-state index contributed by atoms with van der Waals surface area (Å²) in [5, 5.41) is 3.56. The van der Waals surface area contributed by atoms with Gasteiger partial charge < -0.3 is 10.1 Å². The topological polar surface area (TPSA) is 24.5 Å². The van der Waals surface area contributed by atoms with E-state index in [4.69, 9.17) is 4.74 Å². The molecule has 1 saturated carbocycles. The summed E-state index contributed by atoms with van der Waals surface area (Å²) < 4.78 is 6.03. The van der Waals surface area contributed by atoms with Crippen molar-refractivity contribution >= 4 is 0 Å². The predicted octanol–water partition coefficient (Wildman–Crippen LogP) is 5.00. The zero-order chi connectivity index (χ0) is 19.3. The maximum Gasteiger partial charge on any atom is 0.0720 e. The van der Waals surface area contributed by atoms with Crippen LogP contribution in [0.3, 0.4) is 0 Å². The quantitative estimate of drug-likeness (QED) is 0.766. The maximum atomic E-state index is 6.03. The van der Waals surface area contributed by atoms with E-state index in [9.17, 15) is 0 Å². The standard InChI is InChI=1S/C25H34N2O/c1-19-16-27(20(2)15-26-19)17-21-7-11-23(12-8-21)24-13-9-22(10-14-24)18-28-25-5-3-4-6-25/h7-14,19-20,25-26H,3-6,15-18H2,1-2H3/t19-,20+/m0/s1. The molecule has 1 heterocycles. The Hall–Kier alpha value is -1.68. The fourth-order valence-electron chi connectivity index (χ4n) is 4.42. The van der Waals surface area contributed by atoms with E-state index in [2.05, 4.69) is 72.6 Å². The molecule has 2 aromatic rings. The number of ether oxygens (including phenoxy) is 1. The average molecular weight is 379 g/mol. The summed E-state index contributed by atoms with van der Waals surface area (Å²) in [7, 11) is 0. The number of benzene rings is 2. The van der Waals surface area contributed by atoms with Crippen LogP contribution in [0.15, 0.2) is 48.5 Å². The molecule has 1 aliphatic heterocycles. The van der Waals surface area contributed by atoms with E-state index in [0.717, 1.165) is 26.2 Å². The lowest BCUT2D eigenvalue weighted by molar-refractivity contribution is 0.0457. The number of hydrogen-bond donors (Lipinski definition) is 1. The third kappa shape index (κ3) is 5.02. The summed E-state index contributed by atoms with van der Waals surface area (Å²) in [5.41, 5.74) is 5.23. The molecular weight excluding hydrogens is 344 g/mol. The second-order valence-corrected chi connectivity index (χ2v) is 8.70. The van der Waals surface area contributed by atoms with Crippen molar-refractivity contribution in [2.24, 2.45) is 0 Å². The first-order valence-corrected chi connectivity index (χ1v) is 10.9. The highest BCUT2D eigenvalue weighted by Gasteiger charge is 2.22. The van der Waals surface area contributed by atoms with Crippen molar-refractivity contribution in [2.75, 3.05) is 13.1 Å². The Labute approximate surface area is 170 Å². The van der Waals surface area contributed by atoms with Gasteiger partial charge in [-0.15, -0.1) is 0 Å². The van der Waals surface area contributed by atoms with E-state index >= 15 is 0 Å². The Balaban J connectivity index is 1.34. The highest BCUT2D eigenvalue weighted by Crippen LogP contribution is 2.24. The molecule has 0 unspecified atom stereocenters. The molecule has 0 bridgehead atoms. The number of hydrogen-bond acceptors (Lipinski definition) is 3. The molecule has 1 N–H and O–H groups in total. The van der Waals surface area contributed by atoms with Gasteiger partial charge >= 0.3 is 0 Å². The number of piperazine rings is 1. The summed E-state index contributed by atoms with van der Waals surface area (Å²) in [4.78, 5) is 2.58. The Morgan fingerprint density at radius 3 is 2.14 bits per heavy atom. The molecule has 0 spiro atoms. The van der Waals surface area contributed by atoms with Crippen LogP contribution in [0.4, 0.5) is 0 Å². The molecule has 2 aromatic carbocycles. The summed E-state index contributed by atoms with van der Waals surface area (Å²) in [6.45, 7) is 8.55. The van der Waals surface area contributed by atoms with Crippen molar-refractivity contribution < 1.29 is 4.74 Å². The summed E-state index contributed by atoms with van der Waals surface area (Å²) in [5.74, 6) is 0. The normalized spacial score (nSPS) is 23.9. The molecule has 0 aromatic heterocycles. The zero-order valence-corrected chi connectivity index (χ0v) is 17.4. The lowest BCUT2D eigenvalue weighted by Gasteiger charge is -2.37. The van der Waals surface area contributed by atoms with Crippen LogP contribution in [0.25, 0.3) is 11.1 Å². The maximum absolute atomic E-state index is 6.03. The van der Waals surface area contributed by atoms with Crippen molar-refractivity contribution in [1.29, 1.82) is 0 Å². The van der Waals surface area contributed by atoms with Gasteiger partial charge in [-0.2, -0.15) is 0 Å². The van der Waals surface area contributed by atoms with Gasteiger partial charge in [-0.3, -0.25) is 4.90 Å². The minimum Gasteiger partial charge on any atom is -0.374 e. The zero-order valence-electron chi connectivity index (χ0n) is 17.4. The second kappa shape index (κ2) is 9.21. The summed E-state index contributed by atoms with van der Waals surface area (Å²) >= 11 is 0. The van der Waals surface area contributed by atoms with Crippen LogP contribution in [0, 0.1) is 0 Å². The van der Waals surface area contributed by atoms with Crippen molar-refractivity contribution in [2.45, 2.75) is 70.9 Å². The van der Waals surface area contributed by atoms with E-state index in [-0.39, 0.29) is 0 Å². The third-order valence-electron chi connectivity index (χ3n) is 6.31. The first-order chi connectivity index (χ1) is 13.7. The van der Waals surface area contributed by atoms with Gasteiger partial charge in [0, 0.05) is 31.7 Å².